The van der Waals surface area contributed by atoms with E-state index in [1.807, 2.05) is 13.0 Å². The third-order valence-electron chi connectivity index (χ3n) is 3.70. The SMILES string of the molecule is CCc1ccc(COc2ccnn2-c2cc(C(=O)O)ccn2)cc1F. The Morgan fingerprint density at radius 3 is 2.80 bits per heavy atom. The number of benzene rings is 1. The summed E-state index contributed by atoms with van der Waals surface area (Å²) in [6.07, 6.45) is 3.54. The number of halogens is 1. The fourth-order valence-electron chi connectivity index (χ4n) is 2.36. The zero-order valence-corrected chi connectivity index (χ0v) is 13.5. The van der Waals surface area contributed by atoms with E-state index in [9.17, 15) is 9.18 Å². The molecule has 0 saturated carbocycles. The minimum absolute atomic E-state index is 0.101. The Morgan fingerprint density at radius 1 is 1.24 bits per heavy atom. The standard InChI is InChI=1S/C18H16FN3O3/c1-2-13-4-3-12(9-15(13)19)11-25-17-6-8-21-22(17)16-10-14(18(23)24)5-7-20-16/h3-10H,2,11H2,1H3,(H,23,24). The predicted molar refractivity (Wildman–Crippen MR) is 88.4 cm³/mol. The van der Waals surface area contributed by atoms with Crippen molar-refractivity contribution in [2.45, 2.75) is 20.0 Å². The summed E-state index contributed by atoms with van der Waals surface area (Å²) in [5, 5.41) is 13.2. The number of hydrogen-bond acceptors (Lipinski definition) is 4. The Balaban J connectivity index is 1.79. The molecule has 0 aliphatic heterocycles. The van der Waals surface area contributed by atoms with Crippen LogP contribution < -0.4 is 4.74 Å². The maximum absolute atomic E-state index is 13.8. The highest BCUT2D eigenvalue weighted by atomic mass is 19.1. The quantitative estimate of drug-likeness (QED) is 0.745. The number of aryl methyl sites for hydroxylation is 1. The maximum atomic E-state index is 13.8. The van der Waals surface area contributed by atoms with Crippen molar-refractivity contribution < 1.29 is 19.0 Å². The van der Waals surface area contributed by atoms with E-state index in [4.69, 9.17) is 9.84 Å². The normalized spacial score (nSPS) is 10.6. The molecule has 6 nitrogen and oxygen atoms in total. The summed E-state index contributed by atoms with van der Waals surface area (Å²) in [5.41, 5.74) is 1.45. The first kappa shape index (κ1) is 16.6. The Bertz CT molecular complexity index is 908. The molecule has 7 heteroatoms. The minimum Gasteiger partial charge on any atom is -0.478 e. The lowest BCUT2D eigenvalue weighted by Gasteiger charge is -2.10. The Hall–Kier alpha value is -3.22. The third-order valence-corrected chi connectivity index (χ3v) is 3.70. The second-order valence-corrected chi connectivity index (χ2v) is 5.36. The highest BCUT2D eigenvalue weighted by Gasteiger charge is 2.11. The van der Waals surface area contributed by atoms with Crippen LogP contribution in [0.1, 0.15) is 28.4 Å². The lowest BCUT2D eigenvalue weighted by atomic mass is 10.1. The van der Waals surface area contributed by atoms with Crippen molar-refractivity contribution in [1.29, 1.82) is 0 Å². The number of rotatable bonds is 6. The summed E-state index contributed by atoms with van der Waals surface area (Å²) in [5.74, 6) is -0.597. The number of carbonyl (C=O) groups is 1. The van der Waals surface area contributed by atoms with Gasteiger partial charge in [0.05, 0.1) is 11.8 Å². The van der Waals surface area contributed by atoms with Crippen LogP contribution in [-0.4, -0.2) is 25.8 Å². The number of aromatic nitrogens is 3. The first-order valence-corrected chi connectivity index (χ1v) is 7.72. The van der Waals surface area contributed by atoms with Crippen LogP contribution in [0.4, 0.5) is 4.39 Å². The second-order valence-electron chi connectivity index (χ2n) is 5.36. The van der Waals surface area contributed by atoms with Gasteiger partial charge in [0.1, 0.15) is 12.4 Å². The van der Waals surface area contributed by atoms with E-state index in [1.165, 1.54) is 35.3 Å². The molecule has 0 unspecified atom stereocenters. The predicted octanol–water partition coefficient (Wildman–Crippen LogP) is 3.25. The van der Waals surface area contributed by atoms with E-state index in [-0.39, 0.29) is 18.0 Å². The molecule has 0 fully saturated rings. The summed E-state index contributed by atoms with van der Waals surface area (Å²) < 4.78 is 20.9. The highest BCUT2D eigenvalue weighted by Crippen LogP contribution is 2.18. The van der Waals surface area contributed by atoms with Crippen molar-refractivity contribution in [3.8, 4) is 11.7 Å². The molecule has 2 heterocycles. The number of aromatic carboxylic acids is 1. The topological polar surface area (TPSA) is 77.2 Å². The van der Waals surface area contributed by atoms with Crippen LogP contribution in [0.25, 0.3) is 5.82 Å². The van der Waals surface area contributed by atoms with Crippen molar-refractivity contribution in [3.63, 3.8) is 0 Å². The third kappa shape index (κ3) is 3.65. The van der Waals surface area contributed by atoms with Gasteiger partial charge >= 0.3 is 5.97 Å². The van der Waals surface area contributed by atoms with Gasteiger partial charge in [-0.1, -0.05) is 19.1 Å². The molecule has 3 rings (SSSR count). The Labute approximate surface area is 143 Å². The van der Waals surface area contributed by atoms with Gasteiger partial charge in [-0.3, -0.25) is 0 Å². The van der Waals surface area contributed by atoms with Gasteiger partial charge in [0, 0.05) is 12.3 Å². The molecule has 0 amide bonds. The maximum Gasteiger partial charge on any atom is 0.335 e. The van der Waals surface area contributed by atoms with Gasteiger partial charge in [-0.2, -0.15) is 9.78 Å². The molecule has 25 heavy (non-hydrogen) atoms. The van der Waals surface area contributed by atoms with Crippen LogP contribution in [0.2, 0.25) is 0 Å². The Morgan fingerprint density at radius 2 is 2.08 bits per heavy atom. The first-order chi connectivity index (χ1) is 12.1. The largest absolute Gasteiger partial charge is 0.478 e. The van der Waals surface area contributed by atoms with Gasteiger partial charge in [-0.25, -0.2) is 14.2 Å². The number of carboxylic acid groups (broad SMARTS) is 1. The molecule has 0 spiro atoms. The van der Waals surface area contributed by atoms with E-state index in [0.29, 0.717) is 29.2 Å². The molecule has 1 aromatic carbocycles. The smallest absolute Gasteiger partial charge is 0.335 e. The summed E-state index contributed by atoms with van der Waals surface area (Å²) >= 11 is 0. The van der Waals surface area contributed by atoms with Gasteiger partial charge in [0.2, 0.25) is 5.88 Å². The zero-order chi connectivity index (χ0) is 17.8. The molecule has 1 N–H and O–H groups in total. The molecule has 0 aliphatic rings. The van der Waals surface area contributed by atoms with E-state index in [1.54, 1.807) is 12.1 Å². The number of ether oxygens (including phenoxy) is 1. The summed E-state index contributed by atoms with van der Waals surface area (Å²) in [7, 11) is 0. The van der Waals surface area contributed by atoms with Crippen molar-refractivity contribution in [3.05, 3.63) is 71.3 Å². The van der Waals surface area contributed by atoms with Gasteiger partial charge in [-0.05, 0) is 35.7 Å². The van der Waals surface area contributed by atoms with Crippen LogP contribution >= 0.6 is 0 Å². The first-order valence-electron chi connectivity index (χ1n) is 7.72. The van der Waals surface area contributed by atoms with Crippen LogP contribution in [-0.2, 0) is 13.0 Å². The number of nitrogens with zero attached hydrogens (tertiary/aromatic N) is 3. The van der Waals surface area contributed by atoms with E-state index >= 15 is 0 Å². The lowest BCUT2D eigenvalue weighted by molar-refractivity contribution is 0.0696. The van der Waals surface area contributed by atoms with E-state index in [0.717, 1.165) is 0 Å². The molecule has 128 valence electrons. The van der Waals surface area contributed by atoms with Crippen LogP contribution in [0.3, 0.4) is 0 Å². The number of carboxylic acids is 1. The second kappa shape index (κ2) is 7.12. The average molecular weight is 341 g/mol. The molecule has 0 atom stereocenters. The molecule has 0 aliphatic carbocycles. The number of pyridine rings is 1. The average Bonchev–Trinajstić information content (AvgIpc) is 3.09. The van der Waals surface area contributed by atoms with Crippen molar-refractivity contribution in [2.24, 2.45) is 0 Å². The fourth-order valence-corrected chi connectivity index (χ4v) is 2.36. The van der Waals surface area contributed by atoms with E-state index < -0.39 is 5.97 Å². The fraction of sp³-hybridized carbons (Fsp3) is 0.167. The van der Waals surface area contributed by atoms with Gasteiger partial charge in [0.25, 0.3) is 0 Å². The molecule has 3 aromatic rings. The van der Waals surface area contributed by atoms with Crippen LogP contribution in [0.15, 0.2) is 48.8 Å². The lowest BCUT2D eigenvalue weighted by Crippen LogP contribution is -2.07. The van der Waals surface area contributed by atoms with Crippen molar-refractivity contribution >= 4 is 5.97 Å². The Kier molecular flexibility index (Phi) is 4.74. The van der Waals surface area contributed by atoms with Crippen molar-refractivity contribution in [1.82, 2.24) is 14.8 Å². The minimum atomic E-state index is -1.05. The molecule has 0 radical (unpaired) electrons. The summed E-state index contributed by atoms with van der Waals surface area (Å²) in [4.78, 5) is 15.2. The highest BCUT2D eigenvalue weighted by molar-refractivity contribution is 5.87. The molecular formula is C18H16FN3O3. The monoisotopic (exact) mass is 341 g/mol. The van der Waals surface area contributed by atoms with Crippen LogP contribution in [0.5, 0.6) is 5.88 Å². The van der Waals surface area contributed by atoms with E-state index in [2.05, 4.69) is 10.1 Å². The van der Waals surface area contributed by atoms with Gasteiger partial charge in [0.15, 0.2) is 5.82 Å². The summed E-state index contributed by atoms with van der Waals surface area (Å²) in [6, 6.07) is 9.43. The van der Waals surface area contributed by atoms with Gasteiger partial charge < -0.3 is 9.84 Å². The molecular weight excluding hydrogens is 325 g/mol. The van der Waals surface area contributed by atoms with Crippen molar-refractivity contribution in [2.75, 3.05) is 0 Å². The molecule has 0 saturated heterocycles. The molecule has 2 aromatic heterocycles. The zero-order valence-electron chi connectivity index (χ0n) is 13.5. The number of hydrogen-bond donors (Lipinski definition) is 1. The van der Waals surface area contributed by atoms with Gasteiger partial charge in [-0.15, -0.1) is 0 Å². The molecule has 0 bridgehead atoms. The summed E-state index contributed by atoms with van der Waals surface area (Å²) in [6.45, 7) is 2.05. The van der Waals surface area contributed by atoms with Crippen LogP contribution in [0, 0.1) is 5.82 Å².